The van der Waals surface area contributed by atoms with E-state index in [9.17, 15) is 19.8 Å². The van der Waals surface area contributed by atoms with Crippen LogP contribution in [0.5, 0.6) is 0 Å². The van der Waals surface area contributed by atoms with Crippen molar-refractivity contribution in [3.63, 3.8) is 0 Å². The molecule has 0 heterocycles. The number of hydrogen-bond donors (Lipinski definition) is 3. The van der Waals surface area contributed by atoms with E-state index >= 15 is 0 Å². The van der Waals surface area contributed by atoms with Gasteiger partial charge in [0.05, 0.1) is 25.2 Å². The molecule has 0 aromatic carbocycles. The Bertz CT molecular complexity index is 997. The molecule has 0 aliphatic carbocycles. The molecule has 3 unspecified atom stereocenters. The third-order valence-corrected chi connectivity index (χ3v) is 13.0. The van der Waals surface area contributed by atoms with Crippen molar-refractivity contribution in [2.45, 2.75) is 322 Å². The number of allylic oxidation sites excluding steroid dienone is 4. The second-order valence-corrected chi connectivity index (χ2v) is 19.3. The average Bonchev–Trinajstić information content (AvgIpc) is 3.28. The molecule has 0 bridgehead atoms. The Kier molecular flexibility index (Phi) is 50.0. The number of unbranched alkanes of at least 4 members (excludes halogenated alkanes) is 35. The Labute approximate surface area is 392 Å². The summed E-state index contributed by atoms with van der Waals surface area (Å²) in [5, 5.41) is 23.9. The van der Waals surface area contributed by atoms with Crippen LogP contribution in [-0.4, -0.2) is 46.9 Å². The molecule has 6 nitrogen and oxygen atoms in total. The molecule has 372 valence electrons. The molecule has 0 saturated heterocycles. The van der Waals surface area contributed by atoms with Crippen LogP contribution in [0, 0.1) is 0 Å². The molecule has 63 heavy (non-hydrogen) atoms. The number of nitrogens with one attached hydrogen (secondary N) is 1. The van der Waals surface area contributed by atoms with Gasteiger partial charge in [-0.05, 0) is 51.4 Å². The molecule has 0 saturated carbocycles. The normalized spacial score (nSPS) is 13.3. The molecule has 1 amide bonds. The second-order valence-electron chi connectivity index (χ2n) is 19.3. The SMILES string of the molecule is CC/C=C/C/C=C/CCCCCCCCCC(=O)OC(CCCCCCCCCCCCCCCCCC)CC(=O)NC(CO)C(O)CCCCCCCCCCCCCCCC. The molecule has 0 aromatic rings. The van der Waals surface area contributed by atoms with Crippen molar-refractivity contribution in [3.05, 3.63) is 24.3 Å². The number of esters is 1. The van der Waals surface area contributed by atoms with Gasteiger partial charge in [-0.1, -0.05) is 263 Å². The topological polar surface area (TPSA) is 95.9 Å². The van der Waals surface area contributed by atoms with Crippen molar-refractivity contribution in [1.29, 1.82) is 0 Å². The molecule has 0 aromatic heterocycles. The fourth-order valence-corrected chi connectivity index (χ4v) is 8.82. The summed E-state index contributed by atoms with van der Waals surface area (Å²) in [4.78, 5) is 26.2. The Morgan fingerprint density at radius 1 is 0.476 bits per heavy atom. The minimum Gasteiger partial charge on any atom is -0.462 e. The molecule has 0 spiro atoms. The Hall–Kier alpha value is -1.66. The first-order chi connectivity index (χ1) is 31.0. The van der Waals surface area contributed by atoms with Crippen LogP contribution in [0.25, 0.3) is 0 Å². The van der Waals surface area contributed by atoms with E-state index in [-0.39, 0.29) is 24.9 Å². The van der Waals surface area contributed by atoms with Gasteiger partial charge in [-0.25, -0.2) is 0 Å². The lowest BCUT2D eigenvalue weighted by molar-refractivity contribution is -0.151. The molecule has 0 aliphatic heterocycles. The van der Waals surface area contributed by atoms with Gasteiger partial charge in [-0.15, -0.1) is 0 Å². The Morgan fingerprint density at radius 3 is 1.29 bits per heavy atom. The standard InChI is InChI=1S/C57H109NO5/c1-4-7-10-13-16-19-22-25-28-29-30-33-36-39-42-45-48-53(63-57(62)50-47-44-41-38-35-32-27-24-21-18-15-12-9-6-3)51-56(61)58-54(52-59)55(60)49-46-43-40-37-34-31-26-23-20-17-14-11-8-5-2/h9,12,18,21,53-55,59-60H,4-8,10-11,13-17,19-20,22-52H2,1-3H3,(H,58,61)/b12-9+,21-18+. The van der Waals surface area contributed by atoms with Gasteiger partial charge in [-0.3, -0.25) is 9.59 Å². The highest BCUT2D eigenvalue weighted by Gasteiger charge is 2.24. The van der Waals surface area contributed by atoms with Crippen molar-refractivity contribution < 1.29 is 24.5 Å². The number of carbonyl (C=O) groups is 2. The van der Waals surface area contributed by atoms with Crippen LogP contribution >= 0.6 is 0 Å². The maximum Gasteiger partial charge on any atom is 0.306 e. The maximum absolute atomic E-state index is 13.2. The van der Waals surface area contributed by atoms with Gasteiger partial charge in [0.15, 0.2) is 0 Å². The lowest BCUT2D eigenvalue weighted by atomic mass is 10.0. The Morgan fingerprint density at radius 2 is 0.857 bits per heavy atom. The molecule has 3 N–H and O–H groups in total. The predicted octanol–water partition coefficient (Wildman–Crippen LogP) is 17.1. The summed E-state index contributed by atoms with van der Waals surface area (Å²) in [6, 6.07) is -0.698. The summed E-state index contributed by atoms with van der Waals surface area (Å²) in [5.41, 5.74) is 0. The minimum atomic E-state index is -0.785. The van der Waals surface area contributed by atoms with Crippen LogP contribution in [0.3, 0.4) is 0 Å². The molecule has 6 heteroatoms. The summed E-state index contributed by atoms with van der Waals surface area (Å²) < 4.78 is 5.96. The summed E-state index contributed by atoms with van der Waals surface area (Å²) in [6.07, 6.45) is 59.5. The second kappa shape index (κ2) is 51.3. The fourth-order valence-electron chi connectivity index (χ4n) is 8.82. The number of aliphatic hydroxyl groups excluding tert-OH is 2. The first kappa shape index (κ1) is 61.3. The summed E-state index contributed by atoms with van der Waals surface area (Å²) in [7, 11) is 0. The Balaban J connectivity index is 4.53. The van der Waals surface area contributed by atoms with Gasteiger partial charge in [-0.2, -0.15) is 0 Å². The summed E-state index contributed by atoms with van der Waals surface area (Å²) in [6.45, 7) is 6.41. The first-order valence-corrected chi connectivity index (χ1v) is 28.1. The van der Waals surface area contributed by atoms with Gasteiger partial charge in [0.1, 0.15) is 6.10 Å². The van der Waals surface area contributed by atoms with Crippen LogP contribution in [0.4, 0.5) is 0 Å². The van der Waals surface area contributed by atoms with E-state index in [4.69, 9.17) is 4.74 Å². The summed E-state index contributed by atoms with van der Waals surface area (Å²) >= 11 is 0. The van der Waals surface area contributed by atoms with Crippen LogP contribution < -0.4 is 5.32 Å². The highest BCUT2D eigenvalue weighted by Crippen LogP contribution is 2.19. The highest BCUT2D eigenvalue weighted by atomic mass is 16.5. The smallest absolute Gasteiger partial charge is 0.306 e. The third kappa shape index (κ3) is 46.7. The molecule has 0 fully saturated rings. The lowest BCUT2D eigenvalue weighted by Crippen LogP contribution is -2.46. The summed E-state index contributed by atoms with van der Waals surface area (Å²) in [5.74, 6) is -0.464. The quantitative estimate of drug-likeness (QED) is 0.0321. The maximum atomic E-state index is 13.2. The van der Waals surface area contributed by atoms with Gasteiger partial charge in [0.25, 0.3) is 0 Å². The van der Waals surface area contributed by atoms with Gasteiger partial charge >= 0.3 is 5.97 Å². The molecule has 3 atom stereocenters. The number of ether oxygens (including phenoxy) is 1. The van der Waals surface area contributed by atoms with Gasteiger partial charge in [0, 0.05) is 6.42 Å². The van der Waals surface area contributed by atoms with Crippen LogP contribution in [0.2, 0.25) is 0 Å². The van der Waals surface area contributed by atoms with Crippen molar-refractivity contribution >= 4 is 11.9 Å². The molecular weight excluding hydrogens is 779 g/mol. The number of carbonyl (C=O) groups excluding carboxylic acids is 2. The molecular formula is C57H109NO5. The predicted molar refractivity (Wildman–Crippen MR) is 273 cm³/mol. The lowest BCUT2D eigenvalue weighted by Gasteiger charge is -2.24. The zero-order valence-electron chi connectivity index (χ0n) is 42.5. The van der Waals surface area contributed by atoms with E-state index in [0.29, 0.717) is 19.3 Å². The largest absolute Gasteiger partial charge is 0.462 e. The van der Waals surface area contributed by atoms with E-state index in [1.165, 1.54) is 193 Å². The number of rotatable bonds is 51. The highest BCUT2D eigenvalue weighted by molar-refractivity contribution is 5.77. The van der Waals surface area contributed by atoms with Gasteiger partial charge in [0.2, 0.25) is 5.91 Å². The molecule has 0 rings (SSSR count). The number of hydrogen-bond acceptors (Lipinski definition) is 5. The zero-order valence-corrected chi connectivity index (χ0v) is 42.5. The average molecular weight is 889 g/mol. The zero-order chi connectivity index (χ0) is 45.9. The molecule has 0 radical (unpaired) electrons. The number of amides is 1. The van der Waals surface area contributed by atoms with Crippen LogP contribution in [-0.2, 0) is 14.3 Å². The van der Waals surface area contributed by atoms with Gasteiger partial charge < -0.3 is 20.3 Å². The van der Waals surface area contributed by atoms with E-state index in [2.05, 4.69) is 50.4 Å². The fraction of sp³-hybridized carbons (Fsp3) is 0.895. The number of aliphatic hydroxyl groups is 2. The van der Waals surface area contributed by atoms with E-state index in [0.717, 1.165) is 64.2 Å². The van der Waals surface area contributed by atoms with Crippen LogP contribution in [0.15, 0.2) is 24.3 Å². The third-order valence-electron chi connectivity index (χ3n) is 13.0. The van der Waals surface area contributed by atoms with Crippen molar-refractivity contribution in [2.24, 2.45) is 0 Å². The van der Waals surface area contributed by atoms with Crippen molar-refractivity contribution in [1.82, 2.24) is 5.32 Å². The van der Waals surface area contributed by atoms with E-state index < -0.39 is 18.2 Å². The van der Waals surface area contributed by atoms with Crippen molar-refractivity contribution in [2.75, 3.05) is 6.61 Å². The van der Waals surface area contributed by atoms with Crippen molar-refractivity contribution in [3.8, 4) is 0 Å². The van der Waals surface area contributed by atoms with E-state index in [1.807, 2.05) is 0 Å². The van der Waals surface area contributed by atoms with Crippen LogP contribution in [0.1, 0.15) is 303 Å². The van der Waals surface area contributed by atoms with E-state index in [1.54, 1.807) is 0 Å². The minimum absolute atomic E-state index is 0.0805. The molecule has 0 aliphatic rings. The first-order valence-electron chi connectivity index (χ1n) is 28.1. The monoisotopic (exact) mass is 888 g/mol.